The highest BCUT2D eigenvalue weighted by Crippen LogP contribution is 2.22. The first-order valence-corrected chi connectivity index (χ1v) is 7.70. The minimum atomic E-state index is -0.668. The number of amides is 2. The van der Waals surface area contributed by atoms with Crippen molar-refractivity contribution in [3.05, 3.63) is 0 Å². The molecular formula is C15H28N2O2. The molecule has 0 aromatic carbocycles. The second kappa shape index (κ2) is 7.51. The van der Waals surface area contributed by atoms with Crippen LogP contribution in [0.2, 0.25) is 0 Å². The number of rotatable bonds is 7. The summed E-state index contributed by atoms with van der Waals surface area (Å²) >= 11 is 0. The highest BCUT2D eigenvalue weighted by Gasteiger charge is 2.41. The van der Waals surface area contributed by atoms with Crippen molar-refractivity contribution in [1.29, 1.82) is 0 Å². The SMILES string of the molecule is CCCCCCN1CCC(=O)NC(CC)(CC)C1=O. The molecule has 110 valence electrons. The lowest BCUT2D eigenvalue weighted by Gasteiger charge is -2.33. The van der Waals surface area contributed by atoms with Gasteiger partial charge in [-0.05, 0) is 19.3 Å². The standard InChI is InChI=1S/C15H28N2O2/c1-4-7-8-9-11-17-12-10-13(18)16-15(5-2,6-3)14(17)19/h4-12H2,1-3H3,(H,16,18). The highest BCUT2D eigenvalue weighted by molar-refractivity contribution is 5.93. The molecule has 1 saturated heterocycles. The molecule has 0 radical (unpaired) electrons. The van der Waals surface area contributed by atoms with Crippen molar-refractivity contribution in [3.63, 3.8) is 0 Å². The Hall–Kier alpha value is -1.06. The van der Waals surface area contributed by atoms with Crippen LogP contribution in [-0.4, -0.2) is 35.3 Å². The van der Waals surface area contributed by atoms with Gasteiger partial charge < -0.3 is 10.2 Å². The second-order valence-electron chi connectivity index (χ2n) is 5.44. The topological polar surface area (TPSA) is 49.4 Å². The fourth-order valence-electron chi connectivity index (χ4n) is 2.70. The molecule has 1 rings (SSSR count). The van der Waals surface area contributed by atoms with Crippen LogP contribution < -0.4 is 5.32 Å². The molecule has 1 fully saturated rings. The van der Waals surface area contributed by atoms with Crippen molar-refractivity contribution in [2.24, 2.45) is 0 Å². The van der Waals surface area contributed by atoms with Gasteiger partial charge >= 0.3 is 0 Å². The van der Waals surface area contributed by atoms with Gasteiger partial charge in [0.15, 0.2) is 0 Å². The summed E-state index contributed by atoms with van der Waals surface area (Å²) in [7, 11) is 0. The monoisotopic (exact) mass is 268 g/mol. The molecule has 1 aliphatic rings. The van der Waals surface area contributed by atoms with Gasteiger partial charge in [-0.3, -0.25) is 9.59 Å². The van der Waals surface area contributed by atoms with Crippen LogP contribution in [0, 0.1) is 0 Å². The van der Waals surface area contributed by atoms with E-state index in [4.69, 9.17) is 0 Å². The van der Waals surface area contributed by atoms with Gasteiger partial charge in [-0.1, -0.05) is 40.0 Å². The predicted octanol–water partition coefficient (Wildman–Crippen LogP) is 2.47. The zero-order valence-corrected chi connectivity index (χ0v) is 12.6. The molecule has 0 aromatic rings. The van der Waals surface area contributed by atoms with Crippen molar-refractivity contribution in [2.75, 3.05) is 13.1 Å². The van der Waals surface area contributed by atoms with Crippen molar-refractivity contribution < 1.29 is 9.59 Å². The van der Waals surface area contributed by atoms with E-state index in [0.29, 0.717) is 25.8 Å². The molecule has 0 bridgehead atoms. The largest absolute Gasteiger partial charge is 0.342 e. The molecule has 1 aliphatic heterocycles. The molecule has 0 atom stereocenters. The second-order valence-corrected chi connectivity index (χ2v) is 5.44. The normalized spacial score (nSPS) is 19.2. The lowest BCUT2D eigenvalue weighted by Crippen LogP contribution is -2.56. The average molecular weight is 268 g/mol. The lowest BCUT2D eigenvalue weighted by molar-refractivity contribution is -0.139. The van der Waals surface area contributed by atoms with Crippen LogP contribution in [0.1, 0.15) is 65.7 Å². The Kier molecular flexibility index (Phi) is 6.32. The molecule has 0 aliphatic carbocycles. The molecule has 0 unspecified atom stereocenters. The Morgan fingerprint density at radius 2 is 1.79 bits per heavy atom. The predicted molar refractivity (Wildman–Crippen MR) is 76.8 cm³/mol. The number of hydrogen-bond acceptors (Lipinski definition) is 2. The smallest absolute Gasteiger partial charge is 0.248 e. The molecule has 1 N–H and O–H groups in total. The van der Waals surface area contributed by atoms with Crippen LogP contribution in [0.5, 0.6) is 0 Å². The first kappa shape index (κ1) is 16.0. The summed E-state index contributed by atoms with van der Waals surface area (Å²) in [6.07, 6.45) is 6.37. The highest BCUT2D eigenvalue weighted by atomic mass is 16.2. The Morgan fingerprint density at radius 1 is 1.11 bits per heavy atom. The number of carbonyl (C=O) groups is 2. The van der Waals surface area contributed by atoms with Gasteiger partial charge in [0, 0.05) is 19.5 Å². The minimum absolute atomic E-state index is 0.00751. The Morgan fingerprint density at radius 3 is 2.37 bits per heavy atom. The molecule has 0 saturated carbocycles. The quantitative estimate of drug-likeness (QED) is 0.721. The molecule has 2 amide bonds. The molecule has 4 heteroatoms. The van der Waals surface area contributed by atoms with Crippen molar-refractivity contribution >= 4 is 11.8 Å². The maximum Gasteiger partial charge on any atom is 0.248 e. The third-order valence-corrected chi connectivity index (χ3v) is 4.17. The van der Waals surface area contributed by atoms with Gasteiger partial charge in [0.1, 0.15) is 5.54 Å². The first-order valence-electron chi connectivity index (χ1n) is 7.70. The van der Waals surface area contributed by atoms with Gasteiger partial charge in [-0.25, -0.2) is 0 Å². The molecule has 1 heterocycles. The number of nitrogens with one attached hydrogen (secondary N) is 1. The Balaban J connectivity index is 2.70. The van der Waals surface area contributed by atoms with Crippen LogP contribution in [0.4, 0.5) is 0 Å². The number of carbonyl (C=O) groups excluding carboxylic acids is 2. The summed E-state index contributed by atoms with van der Waals surface area (Å²) < 4.78 is 0. The Bertz CT molecular complexity index is 311. The van der Waals surface area contributed by atoms with E-state index >= 15 is 0 Å². The van der Waals surface area contributed by atoms with Crippen LogP contribution >= 0.6 is 0 Å². The van der Waals surface area contributed by atoms with Crippen molar-refractivity contribution in [2.45, 2.75) is 71.3 Å². The summed E-state index contributed by atoms with van der Waals surface area (Å²) in [4.78, 5) is 26.3. The van der Waals surface area contributed by atoms with E-state index in [0.717, 1.165) is 19.4 Å². The van der Waals surface area contributed by atoms with Gasteiger partial charge in [0.25, 0.3) is 0 Å². The van der Waals surface area contributed by atoms with Crippen LogP contribution in [-0.2, 0) is 9.59 Å². The fourth-order valence-corrected chi connectivity index (χ4v) is 2.70. The number of unbranched alkanes of at least 4 members (excludes halogenated alkanes) is 3. The van der Waals surface area contributed by atoms with Gasteiger partial charge in [0.05, 0.1) is 0 Å². The first-order chi connectivity index (χ1) is 9.09. The van der Waals surface area contributed by atoms with E-state index in [1.165, 1.54) is 12.8 Å². The van der Waals surface area contributed by atoms with E-state index in [1.54, 1.807) is 0 Å². The molecule has 19 heavy (non-hydrogen) atoms. The van der Waals surface area contributed by atoms with E-state index in [-0.39, 0.29) is 11.8 Å². The summed E-state index contributed by atoms with van der Waals surface area (Å²) in [6, 6.07) is 0. The van der Waals surface area contributed by atoms with Gasteiger partial charge in [-0.15, -0.1) is 0 Å². The molecular weight excluding hydrogens is 240 g/mol. The van der Waals surface area contributed by atoms with Crippen LogP contribution in [0.15, 0.2) is 0 Å². The number of hydrogen-bond donors (Lipinski definition) is 1. The van der Waals surface area contributed by atoms with Gasteiger partial charge in [0.2, 0.25) is 11.8 Å². The third kappa shape index (κ3) is 3.95. The average Bonchev–Trinajstić information content (AvgIpc) is 2.54. The molecule has 0 aromatic heterocycles. The summed E-state index contributed by atoms with van der Waals surface area (Å²) in [6.45, 7) is 7.48. The molecule has 0 spiro atoms. The zero-order chi connectivity index (χ0) is 14.3. The molecule has 4 nitrogen and oxygen atoms in total. The van der Waals surface area contributed by atoms with E-state index in [9.17, 15) is 9.59 Å². The summed E-state index contributed by atoms with van der Waals surface area (Å²) in [5.41, 5.74) is -0.668. The zero-order valence-electron chi connectivity index (χ0n) is 12.6. The van der Waals surface area contributed by atoms with E-state index in [1.807, 2.05) is 18.7 Å². The van der Waals surface area contributed by atoms with Crippen LogP contribution in [0.3, 0.4) is 0 Å². The van der Waals surface area contributed by atoms with E-state index in [2.05, 4.69) is 12.2 Å². The van der Waals surface area contributed by atoms with Crippen molar-refractivity contribution in [1.82, 2.24) is 10.2 Å². The van der Waals surface area contributed by atoms with Crippen molar-refractivity contribution in [3.8, 4) is 0 Å². The maximum atomic E-state index is 12.7. The van der Waals surface area contributed by atoms with E-state index < -0.39 is 5.54 Å². The lowest BCUT2D eigenvalue weighted by atomic mass is 9.91. The van der Waals surface area contributed by atoms with Gasteiger partial charge in [-0.2, -0.15) is 0 Å². The summed E-state index contributed by atoms with van der Waals surface area (Å²) in [5, 5.41) is 2.94. The minimum Gasteiger partial charge on any atom is -0.342 e. The maximum absolute atomic E-state index is 12.7. The van der Waals surface area contributed by atoms with Crippen LogP contribution in [0.25, 0.3) is 0 Å². The fraction of sp³-hybridized carbons (Fsp3) is 0.867. The Labute approximate surface area is 116 Å². The summed E-state index contributed by atoms with van der Waals surface area (Å²) in [5.74, 6) is 0.118. The third-order valence-electron chi connectivity index (χ3n) is 4.17. The number of nitrogens with zero attached hydrogens (tertiary/aromatic N) is 1.